The SMILES string of the molecule is C[CH2][Ge]([CH2]C)([CH2]C)[C](=[N+]=[N-])[P+](N(C(C)C)C(C)C)(N(C(C)C)C(C)C)N(C(C)C)C(C)C. The molecule has 0 spiro atoms. The van der Waals surface area contributed by atoms with E-state index in [1.807, 2.05) is 0 Å². The summed E-state index contributed by atoms with van der Waals surface area (Å²) in [6.45, 7) is 35.1. The van der Waals surface area contributed by atoms with Gasteiger partial charge in [-0.05, 0) is 0 Å². The predicted octanol–water partition coefficient (Wildman–Crippen LogP) is 7.78. The average Bonchev–Trinajstić information content (AvgIpc) is 2.64. The molecule has 0 saturated carbocycles. The third kappa shape index (κ3) is 6.07. The zero-order valence-corrected chi connectivity index (χ0v) is 27.3. The van der Waals surface area contributed by atoms with E-state index in [4.69, 9.17) is 0 Å². The molecule has 0 aliphatic heterocycles. The molecular weight excluding hydrogens is 474 g/mol. The van der Waals surface area contributed by atoms with E-state index in [1.165, 1.54) is 4.29 Å². The van der Waals surface area contributed by atoms with Gasteiger partial charge >= 0.3 is 205 Å². The van der Waals surface area contributed by atoms with E-state index in [-0.39, 0.29) is 0 Å². The van der Waals surface area contributed by atoms with Gasteiger partial charge in [-0.1, -0.05) is 0 Å². The van der Waals surface area contributed by atoms with Crippen molar-refractivity contribution in [3.8, 4) is 0 Å². The fourth-order valence-corrected chi connectivity index (χ4v) is 26.3. The average molecular weight is 531 g/mol. The van der Waals surface area contributed by atoms with Crippen molar-refractivity contribution >= 4 is 25.3 Å². The van der Waals surface area contributed by atoms with Gasteiger partial charge in [0.25, 0.3) is 0 Å². The zero-order chi connectivity index (χ0) is 25.6. The van der Waals surface area contributed by atoms with Crippen molar-refractivity contribution < 1.29 is 4.79 Å². The van der Waals surface area contributed by atoms with Crippen molar-refractivity contribution in [3.63, 3.8) is 0 Å². The van der Waals surface area contributed by atoms with Gasteiger partial charge in [-0.2, -0.15) is 0 Å². The molecule has 0 fully saturated rings. The van der Waals surface area contributed by atoms with Crippen molar-refractivity contribution in [2.75, 3.05) is 0 Å². The molecule has 0 radical (unpaired) electrons. The first-order chi connectivity index (χ1) is 14.7. The van der Waals surface area contributed by atoms with E-state index in [9.17, 15) is 5.53 Å². The second kappa shape index (κ2) is 13.4. The summed E-state index contributed by atoms with van der Waals surface area (Å²) in [6.07, 6.45) is 0. The quantitative estimate of drug-likeness (QED) is 0.0756. The van der Waals surface area contributed by atoms with Crippen LogP contribution in [0.2, 0.25) is 15.8 Å². The first kappa shape index (κ1) is 32.2. The van der Waals surface area contributed by atoms with Crippen molar-refractivity contribution in [3.05, 3.63) is 5.53 Å². The standard InChI is InChI=1S/C25H57GeN5P/c1-16-26(17-2,18-3)25(28-27)32(29(19(4)5)20(6)7,30(21(8)9)22(10)11)31(23(12)13)24(14)15/h19-24H,16-18H2,1-15H3/q+1. The van der Waals surface area contributed by atoms with Crippen LogP contribution in [0.1, 0.15) is 104 Å². The van der Waals surface area contributed by atoms with Crippen LogP contribution in [0, 0.1) is 0 Å². The topological polar surface area (TPSA) is 46.1 Å². The summed E-state index contributed by atoms with van der Waals surface area (Å²) in [6, 6.07) is 2.03. The van der Waals surface area contributed by atoms with Crippen LogP contribution in [0.25, 0.3) is 5.53 Å². The van der Waals surface area contributed by atoms with E-state index in [1.54, 1.807) is 0 Å². The van der Waals surface area contributed by atoms with Crippen LogP contribution in [-0.4, -0.2) is 72.6 Å². The van der Waals surface area contributed by atoms with Crippen LogP contribution in [0.4, 0.5) is 0 Å². The summed E-state index contributed by atoms with van der Waals surface area (Å²) in [4.78, 5) is 4.43. The monoisotopic (exact) mass is 532 g/mol. The fourth-order valence-electron chi connectivity index (χ4n) is 6.12. The second-order valence-electron chi connectivity index (χ2n) is 11.0. The minimum atomic E-state index is -2.68. The Morgan fingerprint density at radius 1 is 0.594 bits per heavy atom. The van der Waals surface area contributed by atoms with Gasteiger partial charge in [0.05, 0.1) is 0 Å². The minimum absolute atomic E-state index is 0.339. The Morgan fingerprint density at radius 3 is 0.938 bits per heavy atom. The summed E-state index contributed by atoms with van der Waals surface area (Å²) in [7, 11) is -2.36. The van der Waals surface area contributed by atoms with Gasteiger partial charge < -0.3 is 0 Å². The van der Waals surface area contributed by atoms with E-state index in [0.717, 1.165) is 15.8 Å². The van der Waals surface area contributed by atoms with Crippen LogP contribution in [0.3, 0.4) is 0 Å². The Hall–Kier alpha value is 0.233. The Morgan fingerprint density at radius 2 is 0.812 bits per heavy atom. The Labute approximate surface area is 205 Å². The Bertz CT molecular complexity index is 525. The predicted molar refractivity (Wildman–Crippen MR) is 149 cm³/mol. The fraction of sp³-hybridized carbons (Fsp3) is 0.960. The first-order valence-corrected chi connectivity index (χ1v) is 20.3. The van der Waals surface area contributed by atoms with Gasteiger partial charge in [0.1, 0.15) is 0 Å². The van der Waals surface area contributed by atoms with E-state index < -0.39 is 21.0 Å². The molecular formula is C25H57GeN5P+. The summed E-state index contributed by atoms with van der Waals surface area (Å²) < 4.78 is 9.51. The molecule has 0 aromatic rings. The molecule has 5 nitrogen and oxygen atoms in total. The van der Waals surface area contributed by atoms with Crippen molar-refractivity contribution in [1.29, 1.82) is 0 Å². The molecule has 190 valence electrons. The summed E-state index contributed by atoms with van der Waals surface area (Å²) >= 11 is -2.68. The third-order valence-corrected chi connectivity index (χ3v) is 27.5. The molecule has 0 aromatic heterocycles. The molecule has 0 unspecified atom stereocenters. The third-order valence-electron chi connectivity index (χ3n) is 7.02. The normalized spacial score (nSPS) is 13.9. The maximum atomic E-state index is 11.0. The molecule has 0 bridgehead atoms. The summed E-state index contributed by atoms with van der Waals surface area (Å²) in [5.41, 5.74) is 11.0. The number of rotatable bonds is 14. The van der Waals surface area contributed by atoms with Gasteiger partial charge in [0.2, 0.25) is 0 Å². The van der Waals surface area contributed by atoms with Crippen molar-refractivity contribution in [2.24, 2.45) is 0 Å². The Kier molecular flexibility index (Phi) is 13.5. The Balaban J connectivity index is 8.16. The molecule has 32 heavy (non-hydrogen) atoms. The number of hydrogen-bond acceptors (Lipinski definition) is 3. The van der Waals surface area contributed by atoms with Gasteiger partial charge in [-0.3, -0.25) is 0 Å². The van der Waals surface area contributed by atoms with Crippen LogP contribution in [0.5, 0.6) is 0 Å². The number of hydrogen-bond donors (Lipinski definition) is 0. The maximum absolute atomic E-state index is 11.0. The molecule has 0 aliphatic carbocycles. The van der Waals surface area contributed by atoms with Gasteiger partial charge in [-0.15, -0.1) is 0 Å². The van der Waals surface area contributed by atoms with Crippen LogP contribution >= 0.6 is 7.71 Å². The molecule has 7 heteroatoms. The molecule has 0 aromatic carbocycles. The van der Waals surface area contributed by atoms with Crippen LogP contribution in [-0.2, 0) is 0 Å². The zero-order valence-electron chi connectivity index (χ0n) is 24.3. The molecule has 0 heterocycles. The molecule has 0 rings (SSSR count). The van der Waals surface area contributed by atoms with E-state index in [2.05, 4.69) is 123 Å². The molecule has 0 N–H and O–H groups in total. The van der Waals surface area contributed by atoms with Crippen molar-refractivity contribution in [2.45, 2.75) is 156 Å². The van der Waals surface area contributed by atoms with E-state index >= 15 is 0 Å². The molecule has 0 atom stereocenters. The van der Waals surface area contributed by atoms with Gasteiger partial charge in [0, 0.05) is 0 Å². The number of nitrogens with zero attached hydrogens (tertiary/aromatic N) is 5. The van der Waals surface area contributed by atoms with Crippen LogP contribution < -0.4 is 0 Å². The molecule has 0 aliphatic rings. The summed E-state index contributed by atoms with van der Waals surface area (Å²) in [5.74, 6) is 0. The van der Waals surface area contributed by atoms with Crippen LogP contribution in [0.15, 0.2) is 0 Å². The van der Waals surface area contributed by atoms with Gasteiger partial charge in [-0.25, -0.2) is 0 Å². The second-order valence-corrected chi connectivity index (χ2v) is 25.7. The summed E-state index contributed by atoms with van der Waals surface area (Å²) in [5, 5.41) is 3.48. The van der Waals surface area contributed by atoms with E-state index in [0.29, 0.717) is 36.3 Å². The van der Waals surface area contributed by atoms with Crippen molar-refractivity contribution in [1.82, 2.24) is 14.0 Å². The molecule has 0 amide bonds. The van der Waals surface area contributed by atoms with Gasteiger partial charge in [0.15, 0.2) is 0 Å². The first-order valence-electron chi connectivity index (χ1n) is 13.2. The molecule has 0 saturated heterocycles.